The van der Waals surface area contributed by atoms with Crippen molar-refractivity contribution in [1.29, 1.82) is 0 Å². The second-order valence-corrected chi connectivity index (χ2v) is 9.25. The molecule has 1 amide bonds. The van der Waals surface area contributed by atoms with E-state index in [9.17, 15) is 9.59 Å². The van der Waals surface area contributed by atoms with Gasteiger partial charge in [-0.25, -0.2) is 9.79 Å². The molecule has 35 heavy (non-hydrogen) atoms. The average Bonchev–Trinajstić information content (AvgIpc) is 3.49. The molecule has 0 aliphatic carbocycles. The van der Waals surface area contributed by atoms with Crippen LogP contribution in [0, 0.1) is 13.8 Å². The van der Waals surface area contributed by atoms with Crippen LogP contribution < -0.4 is 5.32 Å². The fraction of sp³-hybridized carbons (Fsp3) is 0.346. The molecule has 0 bridgehead atoms. The first-order valence-corrected chi connectivity index (χ1v) is 12.2. The van der Waals surface area contributed by atoms with Crippen LogP contribution >= 0.6 is 11.8 Å². The molecule has 8 nitrogen and oxygen atoms in total. The van der Waals surface area contributed by atoms with Gasteiger partial charge in [0, 0.05) is 12.8 Å². The van der Waals surface area contributed by atoms with Gasteiger partial charge in [0.1, 0.15) is 12.4 Å². The number of hydrogen-bond acceptors (Lipinski definition) is 8. The lowest BCUT2D eigenvalue weighted by Gasteiger charge is -2.37. The van der Waals surface area contributed by atoms with Gasteiger partial charge < -0.3 is 24.1 Å². The van der Waals surface area contributed by atoms with E-state index in [-0.39, 0.29) is 18.9 Å². The summed E-state index contributed by atoms with van der Waals surface area (Å²) in [6, 6.07) is 9.30. The third-order valence-electron chi connectivity index (χ3n) is 5.85. The monoisotopic (exact) mass is 495 g/mol. The summed E-state index contributed by atoms with van der Waals surface area (Å²) in [5.41, 5.74) is 4.92. The van der Waals surface area contributed by atoms with Gasteiger partial charge in [-0.15, -0.1) is 0 Å². The molecule has 0 saturated heterocycles. The van der Waals surface area contributed by atoms with Crippen molar-refractivity contribution >= 4 is 28.8 Å². The Hall–Kier alpha value is -3.30. The molecule has 1 unspecified atom stereocenters. The number of hydrogen-bond donors (Lipinski definition) is 1. The van der Waals surface area contributed by atoms with Crippen LogP contribution in [0.25, 0.3) is 0 Å². The fourth-order valence-electron chi connectivity index (χ4n) is 4.10. The zero-order valence-corrected chi connectivity index (χ0v) is 21.1. The summed E-state index contributed by atoms with van der Waals surface area (Å²) in [5, 5.41) is 5.55. The number of allylic oxidation sites excluding steroid dienone is 1. The van der Waals surface area contributed by atoms with Crippen LogP contribution in [0.4, 0.5) is 0 Å². The number of benzene rings is 1. The van der Waals surface area contributed by atoms with Crippen LogP contribution in [-0.2, 0) is 25.6 Å². The number of methoxy groups -OCH3 is 1. The van der Waals surface area contributed by atoms with Gasteiger partial charge in [-0.05, 0) is 49.4 Å². The average molecular weight is 496 g/mol. The highest BCUT2D eigenvalue weighted by atomic mass is 32.2. The van der Waals surface area contributed by atoms with E-state index in [1.165, 1.54) is 11.8 Å². The number of carbonyl (C=O) groups is 2. The minimum atomic E-state index is -0.462. The Labute approximate surface area is 209 Å². The standard InChI is InChI=1S/C26H29N3O5S/c1-16-7-8-17(2)21(12-16)24-23(25(31)34-11-10-32-4)18(3)28-26-29(24)19(15-35-26)13-22(30)27-14-20-6-5-9-33-20/h5-9,12,15,24H,10-11,13-14H2,1-4H3,(H,27,30). The maximum atomic E-state index is 13.3. The highest BCUT2D eigenvalue weighted by Gasteiger charge is 2.41. The van der Waals surface area contributed by atoms with Crippen LogP contribution in [0.3, 0.4) is 0 Å². The Morgan fingerprint density at radius 3 is 2.77 bits per heavy atom. The molecule has 1 atom stereocenters. The van der Waals surface area contributed by atoms with Gasteiger partial charge in [0.2, 0.25) is 5.91 Å². The Morgan fingerprint density at radius 2 is 2.03 bits per heavy atom. The van der Waals surface area contributed by atoms with Crippen LogP contribution in [0.5, 0.6) is 0 Å². The number of rotatable bonds is 9. The summed E-state index contributed by atoms with van der Waals surface area (Å²) in [6.45, 7) is 6.63. The fourth-order valence-corrected chi connectivity index (χ4v) is 5.07. The van der Waals surface area contributed by atoms with Gasteiger partial charge >= 0.3 is 5.97 Å². The molecule has 0 fully saturated rings. The number of nitrogens with zero attached hydrogens (tertiary/aromatic N) is 2. The normalized spacial score (nSPS) is 17.1. The van der Waals surface area contributed by atoms with Crippen molar-refractivity contribution < 1.29 is 23.5 Å². The predicted molar refractivity (Wildman–Crippen MR) is 134 cm³/mol. The third kappa shape index (κ3) is 5.52. The molecule has 0 saturated carbocycles. The molecule has 3 heterocycles. The Kier molecular flexibility index (Phi) is 7.77. The number of aliphatic imine (C=N–C) groups is 1. The number of amidine groups is 1. The van der Waals surface area contributed by atoms with E-state index in [0.29, 0.717) is 30.2 Å². The van der Waals surface area contributed by atoms with Gasteiger partial charge in [0.05, 0.1) is 43.1 Å². The first kappa shape index (κ1) is 24.8. The highest BCUT2D eigenvalue weighted by molar-refractivity contribution is 8.16. The second-order valence-electron chi connectivity index (χ2n) is 8.41. The first-order valence-electron chi connectivity index (χ1n) is 11.4. The van der Waals surface area contributed by atoms with Gasteiger partial charge in [0.15, 0.2) is 5.17 Å². The zero-order valence-electron chi connectivity index (χ0n) is 20.3. The van der Waals surface area contributed by atoms with Crippen molar-refractivity contribution in [3.63, 3.8) is 0 Å². The molecule has 1 aromatic heterocycles. The Morgan fingerprint density at radius 1 is 1.20 bits per heavy atom. The summed E-state index contributed by atoms with van der Waals surface area (Å²) >= 11 is 1.45. The van der Waals surface area contributed by atoms with Crippen molar-refractivity contribution in [3.8, 4) is 0 Å². The van der Waals surface area contributed by atoms with Crippen molar-refractivity contribution in [2.75, 3.05) is 20.3 Å². The third-order valence-corrected chi connectivity index (χ3v) is 6.74. The summed E-state index contributed by atoms with van der Waals surface area (Å²) in [7, 11) is 1.56. The smallest absolute Gasteiger partial charge is 0.338 e. The number of carbonyl (C=O) groups excluding carboxylic acids is 2. The van der Waals surface area contributed by atoms with Crippen molar-refractivity contribution in [2.24, 2.45) is 4.99 Å². The van der Waals surface area contributed by atoms with Crippen LogP contribution in [0.1, 0.15) is 41.8 Å². The maximum Gasteiger partial charge on any atom is 0.338 e. The Bertz CT molecular complexity index is 1200. The van der Waals surface area contributed by atoms with E-state index < -0.39 is 12.0 Å². The van der Waals surface area contributed by atoms with Crippen LogP contribution in [0.15, 0.2) is 68.4 Å². The van der Waals surface area contributed by atoms with E-state index in [0.717, 1.165) is 27.6 Å². The summed E-state index contributed by atoms with van der Waals surface area (Å²) < 4.78 is 15.9. The molecular weight excluding hydrogens is 466 g/mol. The number of ether oxygens (including phenoxy) is 2. The van der Waals surface area contributed by atoms with E-state index >= 15 is 0 Å². The molecule has 4 rings (SSSR count). The zero-order chi connectivity index (χ0) is 24.9. The van der Waals surface area contributed by atoms with E-state index in [1.807, 2.05) is 49.3 Å². The molecule has 9 heteroatoms. The largest absolute Gasteiger partial charge is 0.467 e. The summed E-state index contributed by atoms with van der Waals surface area (Å²) in [6.07, 6.45) is 1.71. The van der Waals surface area contributed by atoms with E-state index in [4.69, 9.17) is 18.9 Å². The molecule has 2 aliphatic rings. The molecule has 184 valence electrons. The lowest BCUT2D eigenvalue weighted by atomic mass is 9.90. The van der Waals surface area contributed by atoms with Crippen LogP contribution in [-0.4, -0.2) is 42.3 Å². The molecule has 1 aromatic carbocycles. The van der Waals surface area contributed by atoms with Crippen molar-refractivity contribution in [1.82, 2.24) is 10.2 Å². The summed E-state index contributed by atoms with van der Waals surface area (Å²) in [4.78, 5) is 32.8. The molecule has 0 radical (unpaired) electrons. The Balaban J connectivity index is 1.65. The van der Waals surface area contributed by atoms with E-state index in [1.54, 1.807) is 19.4 Å². The highest BCUT2D eigenvalue weighted by Crippen LogP contribution is 2.45. The number of aryl methyl sites for hydroxylation is 2. The van der Waals surface area contributed by atoms with Crippen molar-refractivity contribution in [2.45, 2.75) is 39.8 Å². The lowest BCUT2D eigenvalue weighted by molar-refractivity contribution is -0.141. The number of amides is 1. The SMILES string of the molecule is COCCOC(=O)C1=C(C)N=C2SC=C(CC(=O)NCc3ccco3)N2C1c1cc(C)ccc1C. The second kappa shape index (κ2) is 11.0. The van der Waals surface area contributed by atoms with Crippen LogP contribution in [0.2, 0.25) is 0 Å². The van der Waals surface area contributed by atoms with Gasteiger partial charge in [-0.1, -0.05) is 35.5 Å². The maximum absolute atomic E-state index is 13.3. The number of thioether (sulfide) groups is 1. The molecular formula is C26H29N3O5S. The van der Waals surface area contributed by atoms with Gasteiger partial charge in [-0.2, -0.15) is 0 Å². The minimum absolute atomic E-state index is 0.138. The van der Waals surface area contributed by atoms with Crippen molar-refractivity contribution in [3.05, 3.63) is 81.4 Å². The number of nitrogens with one attached hydrogen (secondary N) is 1. The topological polar surface area (TPSA) is 93.4 Å². The minimum Gasteiger partial charge on any atom is -0.467 e. The van der Waals surface area contributed by atoms with Gasteiger partial charge in [-0.3, -0.25) is 4.79 Å². The lowest BCUT2D eigenvalue weighted by Crippen LogP contribution is -2.38. The number of fused-ring (bicyclic) bond motifs is 1. The molecule has 2 aromatic rings. The quantitative estimate of drug-likeness (QED) is 0.408. The molecule has 1 N–H and O–H groups in total. The van der Waals surface area contributed by atoms with E-state index in [2.05, 4.69) is 11.4 Å². The molecule has 2 aliphatic heterocycles. The first-order chi connectivity index (χ1) is 16.9. The predicted octanol–water partition coefficient (Wildman–Crippen LogP) is 4.37. The summed E-state index contributed by atoms with van der Waals surface area (Å²) in [5.74, 6) is 0.0951. The van der Waals surface area contributed by atoms with Gasteiger partial charge in [0.25, 0.3) is 0 Å². The number of esters is 1. The number of furan rings is 1. The molecule has 0 spiro atoms.